The number of pyridine rings is 2. The van der Waals surface area contributed by atoms with Crippen molar-refractivity contribution in [3.8, 4) is 11.4 Å². The van der Waals surface area contributed by atoms with Crippen LogP contribution in [0.5, 0.6) is 0 Å². The van der Waals surface area contributed by atoms with E-state index < -0.39 is 0 Å². The highest BCUT2D eigenvalue weighted by molar-refractivity contribution is 7.19. The molecular weight excluding hydrogens is 392 g/mol. The van der Waals surface area contributed by atoms with Gasteiger partial charge in [0.1, 0.15) is 16.5 Å². The van der Waals surface area contributed by atoms with E-state index in [0.717, 1.165) is 60.5 Å². The monoisotopic (exact) mass is 414 g/mol. The molecule has 0 spiro atoms. The molecule has 5 heterocycles. The second-order valence-electron chi connectivity index (χ2n) is 7.81. The van der Waals surface area contributed by atoms with Gasteiger partial charge in [0.25, 0.3) is 0 Å². The lowest BCUT2D eigenvalue weighted by molar-refractivity contribution is 0.643. The van der Waals surface area contributed by atoms with E-state index in [4.69, 9.17) is 9.97 Å². The first-order chi connectivity index (χ1) is 14.9. The van der Waals surface area contributed by atoms with E-state index in [9.17, 15) is 0 Å². The van der Waals surface area contributed by atoms with Crippen molar-refractivity contribution in [1.29, 1.82) is 0 Å². The summed E-state index contributed by atoms with van der Waals surface area (Å²) >= 11 is 1.85. The Hall–Kier alpha value is -3.06. The summed E-state index contributed by atoms with van der Waals surface area (Å²) < 4.78 is 0. The van der Waals surface area contributed by atoms with E-state index >= 15 is 0 Å². The fourth-order valence-corrected chi connectivity index (χ4v) is 5.77. The predicted octanol–water partition coefficient (Wildman–Crippen LogP) is 3.96. The molecule has 0 bridgehead atoms. The highest BCUT2D eigenvalue weighted by Gasteiger charge is 2.27. The van der Waals surface area contributed by atoms with Gasteiger partial charge in [-0.05, 0) is 49.1 Å². The molecule has 6 nitrogen and oxygen atoms in total. The Balaban J connectivity index is 1.39. The van der Waals surface area contributed by atoms with Gasteiger partial charge in [-0.1, -0.05) is 6.07 Å². The van der Waals surface area contributed by atoms with Crippen LogP contribution in [0.25, 0.3) is 21.6 Å². The van der Waals surface area contributed by atoms with Crippen molar-refractivity contribution in [3.05, 3.63) is 59.4 Å². The molecular formula is C23H22N6S. The summed E-state index contributed by atoms with van der Waals surface area (Å²) in [7, 11) is 0. The molecule has 4 aromatic rings. The molecule has 6 rings (SSSR count). The molecule has 0 N–H and O–H groups in total. The smallest absolute Gasteiger partial charge is 0.164 e. The van der Waals surface area contributed by atoms with Crippen LogP contribution in [-0.2, 0) is 12.8 Å². The van der Waals surface area contributed by atoms with Crippen LogP contribution < -0.4 is 9.80 Å². The molecule has 1 aliphatic heterocycles. The van der Waals surface area contributed by atoms with Gasteiger partial charge in [0.15, 0.2) is 5.82 Å². The molecule has 4 aromatic heterocycles. The average molecular weight is 415 g/mol. The zero-order valence-corrected chi connectivity index (χ0v) is 17.5. The molecule has 7 heteroatoms. The SMILES string of the molecule is c1ccc(N2CCN(c3nc(-c4cccnc4)nc4sc5c(c34)CCC5)CC2)nc1. The maximum atomic E-state index is 5.09. The number of thiophene rings is 1. The summed E-state index contributed by atoms with van der Waals surface area (Å²) in [6.45, 7) is 3.74. The molecule has 0 radical (unpaired) electrons. The molecule has 1 saturated heterocycles. The minimum Gasteiger partial charge on any atom is -0.353 e. The molecule has 0 aromatic carbocycles. The van der Waals surface area contributed by atoms with Gasteiger partial charge in [-0.3, -0.25) is 4.98 Å². The number of anilines is 2. The minimum absolute atomic E-state index is 0.776. The van der Waals surface area contributed by atoms with Gasteiger partial charge in [0.05, 0.1) is 5.39 Å². The Bertz CT molecular complexity index is 1180. The van der Waals surface area contributed by atoms with Crippen LogP contribution in [0.4, 0.5) is 11.6 Å². The molecule has 1 fully saturated rings. The first kappa shape index (κ1) is 17.8. The van der Waals surface area contributed by atoms with Gasteiger partial charge in [0.2, 0.25) is 0 Å². The van der Waals surface area contributed by atoms with E-state index in [2.05, 4.69) is 31.9 Å². The van der Waals surface area contributed by atoms with E-state index in [1.54, 1.807) is 6.20 Å². The fraction of sp³-hybridized carbons (Fsp3) is 0.304. The molecule has 1 aliphatic carbocycles. The Kier molecular flexibility index (Phi) is 4.34. The third-order valence-electron chi connectivity index (χ3n) is 6.02. The normalized spacial score (nSPS) is 16.3. The van der Waals surface area contributed by atoms with Crippen LogP contribution >= 0.6 is 11.3 Å². The van der Waals surface area contributed by atoms with Crippen molar-refractivity contribution in [2.75, 3.05) is 36.0 Å². The maximum Gasteiger partial charge on any atom is 0.164 e. The lowest BCUT2D eigenvalue weighted by atomic mass is 10.1. The van der Waals surface area contributed by atoms with Crippen LogP contribution in [0.1, 0.15) is 16.9 Å². The van der Waals surface area contributed by atoms with Gasteiger partial charge < -0.3 is 9.80 Å². The fourth-order valence-electron chi connectivity index (χ4n) is 4.52. The summed E-state index contributed by atoms with van der Waals surface area (Å²) in [5.41, 5.74) is 2.45. The number of aromatic nitrogens is 4. The Morgan fingerprint density at radius 2 is 1.77 bits per heavy atom. The van der Waals surface area contributed by atoms with Crippen molar-refractivity contribution in [2.24, 2.45) is 0 Å². The second kappa shape index (κ2) is 7.32. The molecule has 0 amide bonds. The van der Waals surface area contributed by atoms with Crippen molar-refractivity contribution in [3.63, 3.8) is 0 Å². The summed E-state index contributed by atoms with van der Waals surface area (Å²) in [5, 5.41) is 1.28. The molecule has 30 heavy (non-hydrogen) atoms. The van der Waals surface area contributed by atoms with Crippen LogP contribution in [-0.4, -0.2) is 46.1 Å². The van der Waals surface area contributed by atoms with Gasteiger partial charge >= 0.3 is 0 Å². The average Bonchev–Trinajstić information content (AvgIpc) is 3.41. The van der Waals surface area contributed by atoms with Gasteiger partial charge in [-0.2, -0.15) is 0 Å². The van der Waals surface area contributed by atoms with Crippen LogP contribution in [0.15, 0.2) is 48.9 Å². The summed E-state index contributed by atoms with van der Waals surface area (Å²) in [5.74, 6) is 2.93. The molecule has 150 valence electrons. The number of aryl methyl sites for hydroxylation is 2. The quantitative estimate of drug-likeness (QED) is 0.506. The van der Waals surface area contributed by atoms with Crippen LogP contribution in [0, 0.1) is 0 Å². The van der Waals surface area contributed by atoms with Crippen molar-refractivity contribution in [1.82, 2.24) is 19.9 Å². The molecule has 0 unspecified atom stereocenters. The van der Waals surface area contributed by atoms with E-state index in [1.165, 1.54) is 28.7 Å². The van der Waals surface area contributed by atoms with Gasteiger partial charge in [-0.25, -0.2) is 15.0 Å². The summed E-state index contributed by atoms with van der Waals surface area (Å²) in [4.78, 5) is 26.2. The van der Waals surface area contributed by atoms with E-state index in [0.29, 0.717) is 0 Å². The number of fused-ring (bicyclic) bond motifs is 3. The Labute approximate surface area is 179 Å². The first-order valence-electron chi connectivity index (χ1n) is 10.5. The number of hydrogen-bond donors (Lipinski definition) is 0. The molecule has 0 atom stereocenters. The lowest BCUT2D eigenvalue weighted by Crippen LogP contribution is -2.47. The zero-order valence-electron chi connectivity index (χ0n) is 16.7. The van der Waals surface area contributed by atoms with E-state index in [-0.39, 0.29) is 0 Å². The third kappa shape index (κ3) is 3.01. The molecule has 2 aliphatic rings. The topological polar surface area (TPSA) is 58.0 Å². The standard InChI is InChI=1S/C23H22N6S/c1-2-10-25-19(8-1)28-11-13-29(14-12-28)22-20-17-6-3-7-18(17)30-23(20)27-21(26-22)16-5-4-9-24-15-16/h1-2,4-5,8-10,15H,3,6-7,11-14H2. The highest BCUT2D eigenvalue weighted by Crippen LogP contribution is 2.41. The number of hydrogen-bond acceptors (Lipinski definition) is 7. The van der Waals surface area contributed by atoms with Gasteiger partial charge in [-0.15, -0.1) is 11.3 Å². The van der Waals surface area contributed by atoms with Crippen molar-refractivity contribution in [2.45, 2.75) is 19.3 Å². The third-order valence-corrected chi connectivity index (χ3v) is 7.20. The highest BCUT2D eigenvalue weighted by atomic mass is 32.1. The van der Waals surface area contributed by atoms with E-state index in [1.807, 2.05) is 41.9 Å². The van der Waals surface area contributed by atoms with Crippen molar-refractivity contribution >= 4 is 33.2 Å². The number of piperazine rings is 1. The van der Waals surface area contributed by atoms with Crippen LogP contribution in [0.2, 0.25) is 0 Å². The van der Waals surface area contributed by atoms with Crippen LogP contribution in [0.3, 0.4) is 0 Å². The largest absolute Gasteiger partial charge is 0.353 e. The maximum absolute atomic E-state index is 5.09. The number of nitrogens with zero attached hydrogens (tertiary/aromatic N) is 6. The lowest BCUT2D eigenvalue weighted by Gasteiger charge is -2.36. The Morgan fingerprint density at radius 1 is 0.867 bits per heavy atom. The summed E-state index contributed by atoms with van der Waals surface area (Å²) in [6.07, 6.45) is 9.07. The molecule has 0 saturated carbocycles. The van der Waals surface area contributed by atoms with Gasteiger partial charge in [0, 0.05) is 55.2 Å². The zero-order chi connectivity index (χ0) is 19.9. The Morgan fingerprint density at radius 3 is 2.57 bits per heavy atom. The first-order valence-corrected chi connectivity index (χ1v) is 11.3. The summed E-state index contributed by atoms with van der Waals surface area (Å²) in [6, 6.07) is 10.1. The number of rotatable bonds is 3. The van der Waals surface area contributed by atoms with Crippen molar-refractivity contribution < 1.29 is 0 Å². The second-order valence-corrected chi connectivity index (χ2v) is 8.90. The predicted molar refractivity (Wildman–Crippen MR) is 121 cm³/mol. The minimum atomic E-state index is 0.776.